The van der Waals surface area contributed by atoms with Crippen LogP contribution in [0.25, 0.3) is 0 Å². The van der Waals surface area contributed by atoms with Crippen LogP contribution in [0.1, 0.15) is 19.3 Å². The molecule has 1 aromatic carbocycles. The van der Waals surface area contributed by atoms with Crippen molar-refractivity contribution in [2.45, 2.75) is 25.4 Å². The Hall–Kier alpha value is -1.54. The molecule has 25 heavy (non-hydrogen) atoms. The summed E-state index contributed by atoms with van der Waals surface area (Å²) in [5.74, 6) is -1.45. The fourth-order valence-electron chi connectivity index (χ4n) is 3.29. The van der Waals surface area contributed by atoms with Gasteiger partial charge in [0.1, 0.15) is 11.6 Å². The molecular formula is C16H19ClF4N2O2. The molecule has 1 saturated heterocycles. The Kier molecular flexibility index (Phi) is 5.83. The fourth-order valence-corrected chi connectivity index (χ4v) is 3.29. The molecule has 4 nitrogen and oxygen atoms in total. The number of piperidine rings is 1. The molecule has 0 bridgehead atoms. The molecular weight excluding hydrogens is 364 g/mol. The second-order valence-electron chi connectivity index (χ2n) is 6.40. The highest BCUT2D eigenvalue weighted by molar-refractivity contribution is 5.96. The summed E-state index contributed by atoms with van der Waals surface area (Å²) in [4.78, 5) is 12.4. The largest absolute Gasteiger partial charge is 0.482 e. The average Bonchev–Trinajstić information content (AvgIpc) is 3.20. The third-order valence-electron chi connectivity index (χ3n) is 4.70. The normalized spacial score (nSPS) is 21.4. The predicted octanol–water partition coefficient (Wildman–Crippen LogP) is 3.52. The highest BCUT2D eigenvalue weighted by atomic mass is 35.5. The molecule has 140 valence electrons. The van der Waals surface area contributed by atoms with Crippen molar-refractivity contribution in [2.24, 2.45) is 11.3 Å². The summed E-state index contributed by atoms with van der Waals surface area (Å²) in [5.41, 5.74) is 0.0594. The van der Waals surface area contributed by atoms with Gasteiger partial charge in [-0.2, -0.15) is 13.2 Å². The van der Waals surface area contributed by atoms with Crippen LogP contribution in [-0.2, 0) is 4.79 Å². The van der Waals surface area contributed by atoms with Gasteiger partial charge in [-0.1, -0.05) is 0 Å². The van der Waals surface area contributed by atoms with Gasteiger partial charge in [0.15, 0.2) is 6.61 Å². The Morgan fingerprint density at radius 2 is 2.00 bits per heavy atom. The quantitative estimate of drug-likeness (QED) is 0.783. The van der Waals surface area contributed by atoms with Gasteiger partial charge >= 0.3 is 6.18 Å². The summed E-state index contributed by atoms with van der Waals surface area (Å²) >= 11 is 0. The van der Waals surface area contributed by atoms with Crippen LogP contribution in [0.4, 0.5) is 23.2 Å². The third-order valence-corrected chi connectivity index (χ3v) is 4.70. The number of ether oxygens (including phenoxy) is 1. The van der Waals surface area contributed by atoms with Crippen LogP contribution in [0, 0.1) is 17.2 Å². The zero-order valence-corrected chi connectivity index (χ0v) is 14.1. The Morgan fingerprint density at radius 1 is 1.32 bits per heavy atom. The molecule has 1 saturated carbocycles. The SMILES string of the molecule is Cl.O=C(Nc1ccc(F)cc1OCC(F)(F)F)C1CC12CCNCC2. The second-order valence-corrected chi connectivity index (χ2v) is 6.40. The van der Waals surface area contributed by atoms with Gasteiger partial charge in [0.05, 0.1) is 5.69 Å². The van der Waals surface area contributed by atoms with Gasteiger partial charge in [-0.3, -0.25) is 4.79 Å². The van der Waals surface area contributed by atoms with Gasteiger partial charge in [-0.15, -0.1) is 12.4 Å². The van der Waals surface area contributed by atoms with Crippen molar-refractivity contribution in [2.75, 3.05) is 25.0 Å². The molecule has 1 aliphatic heterocycles. The number of halogens is 5. The molecule has 1 atom stereocenters. The number of rotatable bonds is 4. The number of carbonyl (C=O) groups is 1. The van der Waals surface area contributed by atoms with Crippen molar-refractivity contribution in [3.05, 3.63) is 24.0 Å². The van der Waals surface area contributed by atoms with Crippen LogP contribution < -0.4 is 15.4 Å². The molecule has 2 aliphatic rings. The van der Waals surface area contributed by atoms with E-state index >= 15 is 0 Å². The van der Waals surface area contributed by atoms with Crippen molar-refractivity contribution >= 4 is 24.0 Å². The Bertz CT molecular complexity index is 633. The highest BCUT2D eigenvalue weighted by Crippen LogP contribution is 2.58. The predicted molar refractivity (Wildman–Crippen MR) is 86.5 cm³/mol. The first-order valence-electron chi connectivity index (χ1n) is 7.80. The fraction of sp³-hybridized carbons (Fsp3) is 0.562. The minimum Gasteiger partial charge on any atom is -0.482 e. The molecule has 1 aliphatic carbocycles. The van der Waals surface area contributed by atoms with Crippen molar-refractivity contribution in [3.8, 4) is 5.75 Å². The maximum absolute atomic E-state index is 13.3. The Balaban J connectivity index is 0.00000225. The summed E-state index contributed by atoms with van der Waals surface area (Å²) in [6.07, 6.45) is -1.94. The lowest BCUT2D eigenvalue weighted by molar-refractivity contribution is -0.153. The lowest BCUT2D eigenvalue weighted by Gasteiger charge is -2.23. The Morgan fingerprint density at radius 3 is 2.64 bits per heavy atom. The highest BCUT2D eigenvalue weighted by Gasteiger charge is 2.57. The zero-order chi connectivity index (χ0) is 17.4. The van der Waals surface area contributed by atoms with E-state index < -0.39 is 18.6 Å². The summed E-state index contributed by atoms with van der Waals surface area (Å²) in [6.45, 7) is 0.179. The van der Waals surface area contributed by atoms with Crippen LogP contribution in [0.15, 0.2) is 18.2 Å². The van der Waals surface area contributed by atoms with Gasteiger partial charge < -0.3 is 15.4 Å². The maximum atomic E-state index is 13.3. The first-order chi connectivity index (χ1) is 11.3. The van der Waals surface area contributed by atoms with Crippen molar-refractivity contribution in [1.82, 2.24) is 5.32 Å². The van der Waals surface area contributed by atoms with Crippen LogP contribution >= 0.6 is 12.4 Å². The molecule has 3 rings (SSSR count). The molecule has 1 amide bonds. The van der Waals surface area contributed by atoms with E-state index in [2.05, 4.69) is 15.4 Å². The van der Waals surface area contributed by atoms with Crippen LogP contribution in [-0.4, -0.2) is 31.8 Å². The minimum atomic E-state index is -4.54. The molecule has 1 unspecified atom stereocenters. The number of carbonyl (C=O) groups excluding carboxylic acids is 1. The third kappa shape index (κ3) is 4.76. The van der Waals surface area contributed by atoms with Gasteiger partial charge in [0.2, 0.25) is 5.91 Å². The number of nitrogens with one attached hydrogen (secondary N) is 2. The Labute approximate surface area is 148 Å². The van der Waals surface area contributed by atoms with E-state index in [4.69, 9.17) is 0 Å². The number of hydrogen-bond acceptors (Lipinski definition) is 3. The molecule has 0 radical (unpaired) electrons. The van der Waals surface area contributed by atoms with E-state index in [1.165, 1.54) is 6.07 Å². The molecule has 1 heterocycles. The smallest absolute Gasteiger partial charge is 0.422 e. The van der Waals surface area contributed by atoms with Crippen LogP contribution in [0.5, 0.6) is 5.75 Å². The van der Waals surface area contributed by atoms with E-state index in [0.717, 1.165) is 44.5 Å². The van der Waals surface area contributed by atoms with Crippen LogP contribution in [0.3, 0.4) is 0 Å². The number of amides is 1. The van der Waals surface area contributed by atoms with Gasteiger partial charge in [0, 0.05) is 12.0 Å². The van der Waals surface area contributed by atoms with Crippen molar-refractivity contribution in [1.29, 1.82) is 0 Å². The molecule has 2 N–H and O–H groups in total. The lowest BCUT2D eigenvalue weighted by Crippen LogP contribution is -2.31. The van der Waals surface area contributed by atoms with Gasteiger partial charge in [-0.05, 0) is 49.9 Å². The first-order valence-corrected chi connectivity index (χ1v) is 7.80. The zero-order valence-electron chi connectivity index (χ0n) is 13.3. The summed E-state index contributed by atoms with van der Waals surface area (Å²) < 4.78 is 54.8. The lowest BCUT2D eigenvalue weighted by atomic mass is 9.92. The number of hydrogen-bond donors (Lipinski definition) is 2. The van der Waals surface area contributed by atoms with E-state index in [-0.39, 0.29) is 41.1 Å². The first kappa shape index (κ1) is 19.8. The van der Waals surface area contributed by atoms with E-state index in [1.54, 1.807) is 0 Å². The van der Waals surface area contributed by atoms with E-state index in [0.29, 0.717) is 0 Å². The minimum absolute atomic E-state index is 0. The topological polar surface area (TPSA) is 50.4 Å². The number of benzene rings is 1. The van der Waals surface area contributed by atoms with Crippen LogP contribution in [0.2, 0.25) is 0 Å². The molecule has 1 spiro atoms. The van der Waals surface area contributed by atoms with Crippen molar-refractivity contribution in [3.63, 3.8) is 0 Å². The monoisotopic (exact) mass is 382 g/mol. The molecule has 0 aromatic heterocycles. The number of anilines is 1. The molecule has 9 heteroatoms. The number of alkyl halides is 3. The molecule has 2 fully saturated rings. The molecule has 1 aromatic rings. The maximum Gasteiger partial charge on any atom is 0.422 e. The summed E-state index contributed by atoms with van der Waals surface area (Å²) in [6, 6.07) is 3.13. The van der Waals surface area contributed by atoms with E-state index in [9.17, 15) is 22.4 Å². The van der Waals surface area contributed by atoms with E-state index in [1.807, 2.05) is 0 Å². The van der Waals surface area contributed by atoms with Gasteiger partial charge in [0.25, 0.3) is 0 Å². The average molecular weight is 383 g/mol. The van der Waals surface area contributed by atoms with Gasteiger partial charge in [-0.25, -0.2) is 4.39 Å². The summed E-state index contributed by atoms with van der Waals surface area (Å²) in [5, 5.41) is 5.82. The van der Waals surface area contributed by atoms with Crippen molar-refractivity contribution < 1.29 is 27.1 Å². The standard InChI is InChI=1S/C16H18F4N2O2.ClH/c17-10-1-2-12(13(7-10)24-9-16(18,19)20)22-14(23)11-8-15(11)3-5-21-6-4-15;/h1-2,7,11,21H,3-6,8-9H2,(H,22,23);1H. The second kappa shape index (κ2) is 7.37. The summed E-state index contributed by atoms with van der Waals surface area (Å²) in [7, 11) is 0.